The number of nitrogens with one attached hydrogen (secondary N) is 1. The van der Waals surface area contributed by atoms with Crippen LogP contribution >= 0.6 is 0 Å². The average molecular weight is 382 g/mol. The molecule has 0 saturated heterocycles. The molecule has 0 saturated carbocycles. The molecular weight excluding hydrogens is 364 g/mol. The predicted octanol–water partition coefficient (Wildman–Crippen LogP) is 5.65. The Labute approximate surface area is 168 Å². The normalized spacial score (nSPS) is 10.3. The van der Waals surface area contributed by atoms with Gasteiger partial charge in [0, 0.05) is 23.6 Å². The molecule has 0 radical (unpaired) electrons. The van der Waals surface area contributed by atoms with Crippen molar-refractivity contribution in [2.45, 2.75) is 13.3 Å². The summed E-state index contributed by atoms with van der Waals surface area (Å²) in [5.41, 5.74) is 3.38. The molecule has 0 fully saturated rings. The van der Waals surface area contributed by atoms with Crippen LogP contribution in [-0.4, -0.2) is 9.97 Å². The van der Waals surface area contributed by atoms with E-state index < -0.39 is 0 Å². The summed E-state index contributed by atoms with van der Waals surface area (Å²) in [6.07, 6.45) is 3.68. The summed E-state index contributed by atoms with van der Waals surface area (Å²) < 4.78 is 11.6. The van der Waals surface area contributed by atoms with E-state index in [-0.39, 0.29) is 0 Å². The largest absolute Gasteiger partial charge is 0.463 e. The van der Waals surface area contributed by atoms with Crippen LogP contribution in [-0.2, 0) is 6.42 Å². The van der Waals surface area contributed by atoms with Gasteiger partial charge in [-0.05, 0) is 55.0 Å². The standard InChI is InChI=1S/C23H18N4O2/c1-16-4-9-21(23(26-16)20-3-2-14-28-20)29-19-11-13-25-22(15-19)27-18-7-5-17(6-8-18)10-12-24/h2-9,11,13-15H,10H2,1H3,(H,25,27). The Bertz CT molecular complexity index is 1150. The summed E-state index contributed by atoms with van der Waals surface area (Å²) in [5.74, 6) is 2.52. The van der Waals surface area contributed by atoms with Gasteiger partial charge in [0.15, 0.2) is 11.5 Å². The molecule has 1 aromatic carbocycles. The number of rotatable bonds is 6. The van der Waals surface area contributed by atoms with Gasteiger partial charge in [0.05, 0.1) is 18.8 Å². The lowest BCUT2D eigenvalue weighted by molar-refractivity contribution is 0.477. The molecule has 0 bridgehead atoms. The zero-order chi connectivity index (χ0) is 20.1. The second-order valence-electron chi connectivity index (χ2n) is 6.41. The summed E-state index contributed by atoms with van der Waals surface area (Å²) in [6, 6.07) is 20.8. The fourth-order valence-electron chi connectivity index (χ4n) is 2.83. The van der Waals surface area contributed by atoms with E-state index in [2.05, 4.69) is 21.4 Å². The van der Waals surface area contributed by atoms with Crippen LogP contribution in [0.25, 0.3) is 11.5 Å². The van der Waals surface area contributed by atoms with Crippen LogP contribution in [0.5, 0.6) is 11.5 Å². The number of aryl methyl sites for hydroxylation is 1. The molecular formula is C23H18N4O2. The minimum Gasteiger partial charge on any atom is -0.463 e. The number of nitrogens with zero attached hydrogens (tertiary/aromatic N) is 3. The number of aromatic nitrogens is 2. The zero-order valence-corrected chi connectivity index (χ0v) is 15.8. The Hall–Kier alpha value is -4.11. The van der Waals surface area contributed by atoms with Crippen LogP contribution in [0.15, 0.2) is 77.5 Å². The molecule has 6 heteroatoms. The van der Waals surface area contributed by atoms with Crippen molar-refractivity contribution in [3.63, 3.8) is 0 Å². The van der Waals surface area contributed by atoms with Gasteiger partial charge in [-0.15, -0.1) is 0 Å². The third-order valence-corrected chi connectivity index (χ3v) is 4.22. The Balaban J connectivity index is 1.55. The second kappa shape index (κ2) is 8.28. The predicted molar refractivity (Wildman–Crippen MR) is 110 cm³/mol. The maximum absolute atomic E-state index is 8.77. The Kier molecular flexibility index (Phi) is 5.21. The van der Waals surface area contributed by atoms with Gasteiger partial charge in [0.1, 0.15) is 17.3 Å². The van der Waals surface area contributed by atoms with E-state index in [1.807, 2.05) is 61.5 Å². The number of ether oxygens (including phenoxy) is 1. The first-order chi connectivity index (χ1) is 14.2. The van der Waals surface area contributed by atoms with E-state index >= 15 is 0 Å². The maximum atomic E-state index is 8.77. The maximum Gasteiger partial charge on any atom is 0.156 e. The van der Waals surface area contributed by atoms with E-state index in [9.17, 15) is 0 Å². The number of pyridine rings is 2. The highest BCUT2D eigenvalue weighted by Gasteiger charge is 2.12. The van der Waals surface area contributed by atoms with Crippen molar-refractivity contribution in [2.75, 3.05) is 5.32 Å². The van der Waals surface area contributed by atoms with Crippen LogP contribution < -0.4 is 10.1 Å². The summed E-state index contributed by atoms with van der Waals surface area (Å²) in [4.78, 5) is 8.90. The quantitative estimate of drug-likeness (QED) is 0.464. The average Bonchev–Trinajstić information content (AvgIpc) is 3.26. The number of hydrogen-bond donors (Lipinski definition) is 1. The fraction of sp³-hybridized carbons (Fsp3) is 0.0870. The molecule has 4 aromatic rings. The van der Waals surface area contributed by atoms with Crippen LogP contribution in [0.1, 0.15) is 11.3 Å². The van der Waals surface area contributed by atoms with Crippen molar-refractivity contribution < 1.29 is 9.15 Å². The van der Waals surface area contributed by atoms with Crippen molar-refractivity contribution in [2.24, 2.45) is 0 Å². The van der Waals surface area contributed by atoms with Gasteiger partial charge in [-0.3, -0.25) is 0 Å². The molecule has 0 spiro atoms. The number of nitriles is 1. The van der Waals surface area contributed by atoms with Gasteiger partial charge in [-0.2, -0.15) is 5.26 Å². The van der Waals surface area contributed by atoms with E-state index in [4.69, 9.17) is 14.4 Å². The molecule has 142 valence electrons. The van der Waals surface area contributed by atoms with E-state index in [0.717, 1.165) is 16.9 Å². The number of furan rings is 1. The number of anilines is 2. The first kappa shape index (κ1) is 18.3. The fourth-order valence-corrected chi connectivity index (χ4v) is 2.83. The summed E-state index contributed by atoms with van der Waals surface area (Å²) >= 11 is 0. The summed E-state index contributed by atoms with van der Waals surface area (Å²) in [7, 11) is 0. The van der Waals surface area contributed by atoms with Crippen molar-refractivity contribution >= 4 is 11.5 Å². The highest BCUT2D eigenvalue weighted by atomic mass is 16.5. The molecule has 1 N–H and O–H groups in total. The van der Waals surface area contributed by atoms with Crippen molar-refractivity contribution in [3.8, 4) is 29.0 Å². The molecule has 29 heavy (non-hydrogen) atoms. The van der Waals surface area contributed by atoms with E-state index in [0.29, 0.717) is 35.2 Å². The van der Waals surface area contributed by atoms with Gasteiger partial charge < -0.3 is 14.5 Å². The molecule has 0 aliphatic carbocycles. The molecule has 0 aliphatic rings. The molecule has 0 atom stereocenters. The Morgan fingerprint density at radius 1 is 1.10 bits per heavy atom. The highest BCUT2D eigenvalue weighted by Crippen LogP contribution is 2.33. The second-order valence-corrected chi connectivity index (χ2v) is 6.41. The van der Waals surface area contributed by atoms with Gasteiger partial charge in [-0.25, -0.2) is 9.97 Å². The summed E-state index contributed by atoms with van der Waals surface area (Å²) in [5, 5.41) is 12.0. The zero-order valence-electron chi connectivity index (χ0n) is 15.8. The highest BCUT2D eigenvalue weighted by molar-refractivity contribution is 5.63. The third kappa shape index (κ3) is 4.42. The van der Waals surface area contributed by atoms with Gasteiger partial charge in [-0.1, -0.05) is 12.1 Å². The van der Waals surface area contributed by atoms with E-state index in [1.54, 1.807) is 18.5 Å². The number of hydrogen-bond acceptors (Lipinski definition) is 6. The lowest BCUT2D eigenvalue weighted by Crippen LogP contribution is -1.96. The molecule has 0 aliphatic heterocycles. The van der Waals surface area contributed by atoms with E-state index in [1.165, 1.54) is 0 Å². The minimum atomic E-state index is 0.393. The van der Waals surface area contributed by atoms with Gasteiger partial charge in [0.2, 0.25) is 0 Å². The first-order valence-corrected chi connectivity index (χ1v) is 9.09. The van der Waals surface area contributed by atoms with Gasteiger partial charge in [0.25, 0.3) is 0 Å². The molecule has 3 aromatic heterocycles. The summed E-state index contributed by atoms with van der Waals surface area (Å²) in [6.45, 7) is 1.92. The topological polar surface area (TPSA) is 84.0 Å². The lowest BCUT2D eigenvalue weighted by Gasteiger charge is -2.11. The Morgan fingerprint density at radius 2 is 1.97 bits per heavy atom. The minimum absolute atomic E-state index is 0.393. The number of benzene rings is 1. The monoisotopic (exact) mass is 382 g/mol. The molecule has 0 amide bonds. The molecule has 4 rings (SSSR count). The van der Waals surface area contributed by atoms with Gasteiger partial charge >= 0.3 is 0 Å². The van der Waals surface area contributed by atoms with Crippen LogP contribution in [0.4, 0.5) is 11.5 Å². The third-order valence-electron chi connectivity index (χ3n) is 4.22. The van der Waals surface area contributed by atoms with Crippen molar-refractivity contribution in [1.29, 1.82) is 5.26 Å². The molecule has 0 unspecified atom stereocenters. The smallest absolute Gasteiger partial charge is 0.156 e. The van der Waals surface area contributed by atoms with Crippen molar-refractivity contribution in [3.05, 3.63) is 84.4 Å². The van der Waals surface area contributed by atoms with Crippen molar-refractivity contribution in [1.82, 2.24) is 9.97 Å². The SMILES string of the molecule is Cc1ccc(Oc2ccnc(Nc3ccc(CC#N)cc3)c2)c(-c2ccco2)n1. The molecule has 6 nitrogen and oxygen atoms in total. The first-order valence-electron chi connectivity index (χ1n) is 9.09. The molecule has 3 heterocycles. The lowest BCUT2D eigenvalue weighted by atomic mass is 10.1. The Morgan fingerprint density at radius 3 is 2.72 bits per heavy atom. The van der Waals surface area contributed by atoms with Crippen LogP contribution in [0.3, 0.4) is 0 Å². The van der Waals surface area contributed by atoms with Crippen LogP contribution in [0, 0.1) is 18.3 Å². The van der Waals surface area contributed by atoms with Crippen LogP contribution in [0.2, 0.25) is 0 Å².